The van der Waals surface area contributed by atoms with E-state index in [1.807, 2.05) is 0 Å². The van der Waals surface area contributed by atoms with Crippen LogP contribution in [0.3, 0.4) is 0 Å². The first-order valence-corrected chi connectivity index (χ1v) is 6.27. The van der Waals surface area contributed by atoms with Gasteiger partial charge >= 0.3 is 0 Å². The Hall–Kier alpha value is -1.04. The Balaban J connectivity index is 2.75. The summed E-state index contributed by atoms with van der Waals surface area (Å²) in [5.41, 5.74) is 10.6. The fraction of sp³-hybridized carbons (Fsp3) is 0.500. The first-order chi connectivity index (χ1) is 7.49. The molecule has 0 bridgehead atoms. The molecule has 0 saturated carbocycles. The fourth-order valence-corrected chi connectivity index (χ4v) is 3.10. The van der Waals surface area contributed by atoms with Gasteiger partial charge in [0.15, 0.2) is 0 Å². The molecule has 0 fully saturated rings. The van der Waals surface area contributed by atoms with E-state index < -0.39 is 0 Å². The summed E-state index contributed by atoms with van der Waals surface area (Å²) in [5.74, 6) is 0.660. The normalized spacial score (nSPS) is 19.2. The second-order valence-electron chi connectivity index (χ2n) is 5.18. The van der Waals surface area contributed by atoms with Gasteiger partial charge in [-0.05, 0) is 74.4 Å². The fourth-order valence-electron chi connectivity index (χ4n) is 3.10. The van der Waals surface area contributed by atoms with Gasteiger partial charge in [-0.25, -0.2) is 0 Å². The summed E-state index contributed by atoms with van der Waals surface area (Å²) in [7, 11) is 0. The second-order valence-corrected chi connectivity index (χ2v) is 5.18. The molecule has 2 rings (SSSR count). The smallest absolute Gasteiger partial charge is 0.00549 e. The van der Waals surface area contributed by atoms with Crippen LogP contribution in [-0.4, -0.2) is 0 Å². The molecule has 0 aromatic heterocycles. The Bertz CT molecular complexity index is 475. The lowest BCUT2D eigenvalue weighted by atomic mass is 9.89. The molecule has 0 radical (unpaired) electrons. The Kier molecular flexibility index (Phi) is 2.69. The molecule has 0 amide bonds. The molecule has 0 N–H and O–H groups in total. The Labute approximate surface area is 99.4 Å². The molecule has 1 aliphatic rings. The van der Waals surface area contributed by atoms with Crippen LogP contribution in [0.15, 0.2) is 11.6 Å². The molecular formula is C16H22. The van der Waals surface area contributed by atoms with Crippen LogP contribution in [0.1, 0.15) is 60.9 Å². The maximum Gasteiger partial charge on any atom is 0.00549 e. The molecule has 1 aliphatic carbocycles. The van der Waals surface area contributed by atoms with E-state index in [9.17, 15) is 0 Å². The number of hydrogen-bond donors (Lipinski definition) is 0. The third-order valence-corrected chi connectivity index (χ3v) is 4.46. The maximum atomic E-state index is 2.41. The highest BCUT2D eigenvalue weighted by Crippen LogP contribution is 2.45. The van der Waals surface area contributed by atoms with E-state index in [4.69, 9.17) is 0 Å². The zero-order chi connectivity index (χ0) is 12.0. The Morgan fingerprint density at radius 3 is 2.19 bits per heavy atom. The SMILES string of the molecule is CCC1C(C)=C(C)c2c1cc(C)c(C)c2C. The summed E-state index contributed by atoms with van der Waals surface area (Å²) < 4.78 is 0. The molecule has 0 heteroatoms. The minimum atomic E-state index is 0.660. The predicted octanol–water partition coefficient (Wildman–Crippen LogP) is 4.91. The van der Waals surface area contributed by atoms with E-state index in [1.165, 1.54) is 34.2 Å². The molecule has 0 nitrogen and oxygen atoms in total. The summed E-state index contributed by atoms with van der Waals surface area (Å²) in [5, 5.41) is 0. The summed E-state index contributed by atoms with van der Waals surface area (Å²) in [6.07, 6.45) is 1.22. The highest BCUT2D eigenvalue weighted by Gasteiger charge is 2.27. The monoisotopic (exact) mass is 214 g/mol. The number of aryl methyl sites for hydroxylation is 1. The van der Waals surface area contributed by atoms with E-state index >= 15 is 0 Å². The summed E-state index contributed by atoms with van der Waals surface area (Å²) in [4.78, 5) is 0. The standard InChI is InChI=1S/C16H22/c1-7-14-11(4)13(6)16-12(5)10(3)9(2)8-15(14)16/h8,14H,7H2,1-6H3. The summed E-state index contributed by atoms with van der Waals surface area (Å²) in [6.45, 7) is 13.6. The molecule has 1 aromatic rings. The van der Waals surface area contributed by atoms with Crippen molar-refractivity contribution in [2.24, 2.45) is 0 Å². The van der Waals surface area contributed by atoms with Crippen LogP contribution in [0.25, 0.3) is 5.57 Å². The van der Waals surface area contributed by atoms with Crippen LogP contribution in [0.5, 0.6) is 0 Å². The average molecular weight is 214 g/mol. The molecular weight excluding hydrogens is 192 g/mol. The first kappa shape index (κ1) is 11.4. The van der Waals surface area contributed by atoms with Gasteiger partial charge in [0, 0.05) is 5.92 Å². The summed E-state index contributed by atoms with van der Waals surface area (Å²) in [6, 6.07) is 2.41. The van der Waals surface area contributed by atoms with Crippen molar-refractivity contribution >= 4 is 5.57 Å². The Morgan fingerprint density at radius 2 is 1.62 bits per heavy atom. The highest BCUT2D eigenvalue weighted by molar-refractivity contribution is 5.79. The molecule has 1 aromatic carbocycles. The van der Waals surface area contributed by atoms with Crippen molar-refractivity contribution < 1.29 is 0 Å². The van der Waals surface area contributed by atoms with Crippen LogP contribution in [0.2, 0.25) is 0 Å². The molecule has 0 spiro atoms. The molecule has 0 heterocycles. The largest absolute Gasteiger partial charge is 0.0645 e. The van der Waals surface area contributed by atoms with Crippen molar-refractivity contribution in [1.82, 2.24) is 0 Å². The van der Waals surface area contributed by atoms with Crippen LogP contribution in [-0.2, 0) is 0 Å². The van der Waals surface area contributed by atoms with Crippen molar-refractivity contribution in [3.63, 3.8) is 0 Å². The van der Waals surface area contributed by atoms with E-state index in [0.29, 0.717) is 5.92 Å². The van der Waals surface area contributed by atoms with Crippen molar-refractivity contribution in [3.8, 4) is 0 Å². The van der Waals surface area contributed by atoms with Gasteiger partial charge in [0.05, 0.1) is 0 Å². The van der Waals surface area contributed by atoms with Gasteiger partial charge in [-0.2, -0.15) is 0 Å². The van der Waals surface area contributed by atoms with E-state index in [-0.39, 0.29) is 0 Å². The molecule has 0 aliphatic heterocycles. The van der Waals surface area contributed by atoms with E-state index in [1.54, 1.807) is 11.1 Å². The highest BCUT2D eigenvalue weighted by atomic mass is 14.3. The van der Waals surface area contributed by atoms with E-state index in [0.717, 1.165) is 0 Å². The lowest BCUT2D eigenvalue weighted by molar-refractivity contribution is 0.773. The number of benzene rings is 1. The van der Waals surface area contributed by atoms with Gasteiger partial charge in [-0.1, -0.05) is 18.6 Å². The first-order valence-electron chi connectivity index (χ1n) is 6.27. The lowest BCUT2D eigenvalue weighted by Crippen LogP contribution is -1.99. The van der Waals surface area contributed by atoms with Crippen LogP contribution >= 0.6 is 0 Å². The second kappa shape index (κ2) is 3.76. The van der Waals surface area contributed by atoms with Crippen molar-refractivity contribution in [3.05, 3.63) is 39.5 Å². The van der Waals surface area contributed by atoms with E-state index in [2.05, 4.69) is 47.6 Å². The van der Waals surface area contributed by atoms with Gasteiger partial charge < -0.3 is 0 Å². The molecule has 86 valence electrons. The third kappa shape index (κ3) is 1.36. The van der Waals surface area contributed by atoms with Gasteiger partial charge in [0.1, 0.15) is 0 Å². The molecule has 16 heavy (non-hydrogen) atoms. The maximum absolute atomic E-state index is 2.41. The van der Waals surface area contributed by atoms with Crippen molar-refractivity contribution in [2.75, 3.05) is 0 Å². The number of allylic oxidation sites excluding steroid dienone is 2. The van der Waals surface area contributed by atoms with Crippen LogP contribution in [0.4, 0.5) is 0 Å². The molecule has 0 saturated heterocycles. The number of hydrogen-bond acceptors (Lipinski definition) is 0. The lowest BCUT2D eigenvalue weighted by Gasteiger charge is -2.16. The van der Waals surface area contributed by atoms with Gasteiger partial charge in [-0.15, -0.1) is 0 Å². The van der Waals surface area contributed by atoms with Gasteiger partial charge in [-0.3, -0.25) is 0 Å². The average Bonchev–Trinajstić information content (AvgIpc) is 2.48. The number of fused-ring (bicyclic) bond motifs is 1. The predicted molar refractivity (Wildman–Crippen MR) is 72.0 cm³/mol. The van der Waals surface area contributed by atoms with Crippen molar-refractivity contribution in [1.29, 1.82) is 0 Å². The molecule has 1 atom stereocenters. The van der Waals surface area contributed by atoms with Crippen LogP contribution in [0, 0.1) is 20.8 Å². The number of rotatable bonds is 1. The minimum Gasteiger partial charge on any atom is -0.0645 e. The zero-order valence-corrected chi connectivity index (χ0v) is 11.4. The van der Waals surface area contributed by atoms with Gasteiger partial charge in [0.2, 0.25) is 0 Å². The quantitative estimate of drug-likeness (QED) is 0.623. The molecule has 1 unspecified atom stereocenters. The zero-order valence-electron chi connectivity index (χ0n) is 11.4. The topological polar surface area (TPSA) is 0 Å². The van der Waals surface area contributed by atoms with Crippen LogP contribution < -0.4 is 0 Å². The van der Waals surface area contributed by atoms with Gasteiger partial charge in [0.25, 0.3) is 0 Å². The minimum absolute atomic E-state index is 0.660. The third-order valence-electron chi connectivity index (χ3n) is 4.46. The van der Waals surface area contributed by atoms with Crippen molar-refractivity contribution in [2.45, 2.75) is 53.9 Å². The Morgan fingerprint density at radius 1 is 1.00 bits per heavy atom. The summed E-state index contributed by atoms with van der Waals surface area (Å²) >= 11 is 0.